The third-order valence-electron chi connectivity index (χ3n) is 6.69. The van der Waals surface area contributed by atoms with E-state index < -0.39 is 46.2 Å². The summed E-state index contributed by atoms with van der Waals surface area (Å²) >= 11 is 0. The maximum atomic E-state index is 13.9. The van der Waals surface area contributed by atoms with Gasteiger partial charge in [-0.1, -0.05) is 6.07 Å². The van der Waals surface area contributed by atoms with Crippen molar-refractivity contribution in [1.82, 2.24) is 15.2 Å². The van der Waals surface area contributed by atoms with Gasteiger partial charge in [-0.15, -0.1) is 0 Å². The molecule has 4 aromatic rings. The van der Waals surface area contributed by atoms with Crippen molar-refractivity contribution >= 4 is 22.6 Å². The second-order valence-electron chi connectivity index (χ2n) is 9.80. The molecule has 0 spiro atoms. The van der Waals surface area contributed by atoms with Crippen LogP contribution in [0.2, 0.25) is 0 Å². The highest BCUT2D eigenvalue weighted by molar-refractivity contribution is 6.09. The number of rotatable bonds is 4. The summed E-state index contributed by atoms with van der Waals surface area (Å²) < 4.78 is 95.0. The van der Waals surface area contributed by atoms with Gasteiger partial charge < -0.3 is 4.90 Å². The molecule has 0 saturated carbocycles. The lowest BCUT2D eigenvalue weighted by atomic mass is 9.81. The quantitative estimate of drug-likeness (QED) is 0.269. The third-order valence-corrected chi connectivity index (χ3v) is 6.69. The number of aryl methyl sites for hydroxylation is 2. The molecule has 12 heteroatoms. The first-order valence-corrected chi connectivity index (χ1v) is 11.6. The highest BCUT2D eigenvalue weighted by Crippen LogP contribution is 2.43. The minimum absolute atomic E-state index is 0.0179. The Morgan fingerprint density at radius 1 is 0.897 bits per heavy atom. The van der Waals surface area contributed by atoms with Crippen LogP contribution in [0.15, 0.2) is 42.6 Å². The molecule has 0 aliphatic heterocycles. The van der Waals surface area contributed by atoms with E-state index >= 15 is 0 Å². The molecule has 0 unspecified atom stereocenters. The highest BCUT2D eigenvalue weighted by atomic mass is 19.4. The van der Waals surface area contributed by atoms with E-state index in [1.54, 1.807) is 13.8 Å². The van der Waals surface area contributed by atoms with Gasteiger partial charge in [-0.2, -0.15) is 31.4 Å². The molecule has 2 aromatic carbocycles. The number of hydrogen-bond acceptors (Lipinski definition) is 3. The molecule has 0 aliphatic rings. The molecule has 4 rings (SSSR count). The number of aromatic nitrogens is 3. The van der Waals surface area contributed by atoms with Crippen LogP contribution in [-0.4, -0.2) is 28.1 Å². The summed E-state index contributed by atoms with van der Waals surface area (Å²) in [4.78, 5) is 19.5. The Bertz CT molecular complexity index is 1550. The standard InChI is InChI=1S/C27H23F7N4O/c1-13-8-18(28)6-7-19(13)21-20-12-35-37-23(20)36-14(2)22(21)38(5)24(39)25(3,4)15-9-16(26(29,30)31)11-17(10-15)27(32,33)34/h6-12H,1-5H3,(H,35,36,37). The zero-order chi connectivity index (χ0) is 29.1. The number of likely N-dealkylation sites (N-methyl/N-ethyl adjacent to an activating group) is 1. The van der Waals surface area contributed by atoms with Gasteiger partial charge in [0.2, 0.25) is 5.91 Å². The molecule has 39 heavy (non-hydrogen) atoms. The van der Waals surface area contributed by atoms with Gasteiger partial charge in [0.05, 0.1) is 34.1 Å². The molecular formula is C27H23F7N4O. The molecule has 5 nitrogen and oxygen atoms in total. The van der Waals surface area contributed by atoms with Crippen LogP contribution in [0.1, 0.15) is 41.8 Å². The van der Waals surface area contributed by atoms with Crippen molar-refractivity contribution in [3.8, 4) is 11.1 Å². The molecule has 0 fully saturated rings. The number of anilines is 1. The van der Waals surface area contributed by atoms with Crippen LogP contribution in [0.3, 0.4) is 0 Å². The van der Waals surface area contributed by atoms with Crippen LogP contribution in [-0.2, 0) is 22.6 Å². The number of aromatic amines is 1. The van der Waals surface area contributed by atoms with Gasteiger partial charge in [0.15, 0.2) is 5.65 Å². The third kappa shape index (κ3) is 5.07. The Morgan fingerprint density at radius 3 is 2.00 bits per heavy atom. The molecular weight excluding hydrogens is 529 g/mol. The Labute approximate surface area is 218 Å². The monoisotopic (exact) mass is 552 g/mol. The van der Waals surface area contributed by atoms with Gasteiger partial charge in [0.25, 0.3) is 0 Å². The first-order valence-electron chi connectivity index (χ1n) is 11.6. The Balaban J connectivity index is 1.92. The second-order valence-corrected chi connectivity index (χ2v) is 9.80. The van der Waals surface area contributed by atoms with Gasteiger partial charge in [-0.05, 0) is 74.7 Å². The number of fused-ring (bicyclic) bond motifs is 1. The summed E-state index contributed by atoms with van der Waals surface area (Å²) in [5.41, 5.74) is -2.85. The van der Waals surface area contributed by atoms with Crippen molar-refractivity contribution in [2.45, 2.75) is 45.5 Å². The van der Waals surface area contributed by atoms with E-state index in [1.807, 2.05) is 0 Å². The van der Waals surface area contributed by atoms with E-state index in [0.29, 0.717) is 45.6 Å². The number of halogens is 7. The van der Waals surface area contributed by atoms with Crippen molar-refractivity contribution in [2.24, 2.45) is 0 Å². The minimum atomic E-state index is -5.07. The van der Waals surface area contributed by atoms with Crippen LogP contribution in [0.4, 0.5) is 36.4 Å². The first-order chi connectivity index (χ1) is 17.9. The van der Waals surface area contributed by atoms with Gasteiger partial charge >= 0.3 is 12.4 Å². The number of nitrogens with zero attached hydrogens (tertiary/aromatic N) is 3. The lowest BCUT2D eigenvalue weighted by molar-refractivity contribution is -0.143. The van der Waals surface area contributed by atoms with E-state index in [4.69, 9.17) is 0 Å². The van der Waals surface area contributed by atoms with Gasteiger partial charge in [-0.3, -0.25) is 9.89 Å². The summed E-state index contributed by atoms with van der Waals surface area (Å²) in [6, 6.07) is 5.17. The Morgan fingerprint density at radius 2 is 1.46 bits per heavy atom. The van der Waals surface area contributed by atoms with Crippen LogP contribution < -0.4 is 4.90 Å². The largest absolute Gasteiger partial charge is 0.416 e. The van der Waals surface area contributed by atoms with Crippen LogP contribution in [0.25, 0.3) is 22.2 Å². The molecule has 1 amide bonds. The van der Waals surface area contributed by atoms with Crippen LogP contribution in [0, 0.1) is 19.7 Å². The minimum Gasteiger partial charge on any atom is -0.312 e. The maximum absolute atomic E-state index is 13.9. The number of alkyl halides is 6. The number of nitrogens with one attached hydrogen (secondary N) is 1. The second kappa shape index (κ2) is 9.35. The zero-order valence-corrected chi connectivity index (χ0v) is 21.4. The van der Waals surface area contributed by atoms with Gasteiger partial charge in [0, 0.05) is 18.0 Å². The lowest BCUT2D eigenvalue weighted by Gasteiger charge is -2.32. The molecule has 0 saturated heterocycles. The average Bonchev–Trinajstić information content (AvgIpc) is 3.29. The highest BCUT2D eigenvalue weighted by Gasteiger charge is 2.41. The SMILES string of the molecule is Cc1cc(F)ccc1-c1c(N(C)C(=O)C(C)(C)c2cc(C(F)(F)F)cc(C(F)(F)F)c2)c(C)nc2[nH]ncc12. The average molecular weight is 552 g/mol. The van der Waals surface area contributed by atoms with E-state index in [0.717, 1.165) is 4.90 Å². The van der Waals surface area contributed by atoms with Crippen molar-refractivity contribution in [3.05, 3.63) is 76.4 Å². The number of pyridine rings is 1. The summed E-state index contributed by atoms with van der Waals surface area (Å²) in [5.74, 6) is -1.27. The number of H-pyrrole nitrogens is 1. The number of carbonyl (C=O) groups excluding carboxylic acids is 1. The Hall–Kier alpha value is -3.96. The summed E-state index contributed by atoms with van der Waals surface area (Å²) in [6.07, 6.45) is -8.67. The number of hydrogen-bond donors (Lipinski definition) is 1. The molecule has 0 radical (unpaired) electrons. The van der Waals surface area contributed by atoms with Gasteiger partial charge in [0.1, 0.15) is 5.82 Å². The number of amides is 1. The van der Waals surface area contributed by atoms with E-state index in [2.05, 4.69) is 15.2 Å². The predicted molar refractivity (Wildman–Crippen MR) is 132 cm³/mol. The fourth-order valence-electron chi connectivity index (χ4n) is 4.63. The summed E-state index contributed by atoms with van der Waals surface area (Å²) in [6.45, 7) is 5.77. The fourth-order valence-corrected chi connectivity index (χ4v) is 4.63. The predicted octanol–water partition coefficient (Wildman–Crippen LogP) is 7.36. The van der Waals surface area contributed by atoms with Gasteiger partial charge in [-0.25, -0.2) is 9.37 Å². The van der Waals surface area contributed by atoms with E-state index in [-0.39, 0.29) is 11.8 Å². The fraction of sp³-hybridized carbons (Fsp3) is 0.296. The topological polar surface area (TPSA) is 61.9 Å². The number of benzene rings is 2. The van der Waals surface area contributed by atoms with Crippen molar-refractivity contribution in [3.63, 3.8) is 0 Å². The Kier molecular flexibility index (Phi) is 6.73. The van der Waals surface area contributed by atoms with Crippen LogP contribution in [0.5, 0.6) is 0 Å². The normalized spacial score (nSPS) is 12.7. The first kappa shape index (κ1) is 28.1. The molecule has 0 aliphatic carbocycles. The van der Waals surface area contributed by atoms with Crippen molar-refractivity contribution < 1.29 is 35.5 Å². The molecule has 2 aromatic heterocycles. The summed E-state index contributed by atoms with van der Waals surface area (Å²) in [7, 11) is 1.36. The van der Waals surface area contributed by atoms with Crippen molar-refractivity contribution in [2.75, 3.05) is 11.9 Å². The molecule has 0 bridgehead atoms. The zero-order valence-electron chi connectivity index (χ0n) is 21.4. The van der Waals surface area contributed by atoms with E-state index in [9.17, 15) is 35.5 Å². The summed E-state index contributed by atoms with van der Waals surface area (Å²) in [5, 5.41) is 7.23. The molecule has 2 heterocycles. The smallest absolute Gasteiger partial charge is 0.312 e. The lowest BCUT2D eigenvalue weighted by Crippen LogP contribution is -2.42. The molecule has 0 atom stereocenters. The number of carbonyl (C=O) groups is 1. The molecule has 1 N–H and O–H groups in total. The molecule has 206 valence electrons. The van der Waals surface area contributed by atoms with Crippen molar-refractivity contribution in [1.29, 1.82) is 0 Å². The van der Waals surface area contributed by atoms with E-state index in [1.165, 1.54) is 45.3 Å². The van der Waals surface area contributed by atoms with Crippen LogP contribution >= 0.6 is 0 Å². The maximum Gasteiger partial charge on any atom is 0.416 e.